The van der Waals surface area contributed by atoms with Crippen molar-refractivity contribution in [2.45, 2.75) is 31.7 Å². The molecule has 0 bridgehead atoms. The van der Waals surface area contributed by atoms with Crippen molar-refractivity contribution < 1.29 is 13.6 Å². The highest BCUT2D eigenvalue weighted by atomic mass is 19.2. The average Bonchev–Trinajstić information content (AvgIpc) is 2.46. The van der Waals surface area contributed by atoms with Crippen molar-refractivity contribution in [1.82, 2.24) is 5.32 Å². The molecule has 0 aliphatic carbocycles. The lowest BCUT2D eigenvalue weighted by Gasteiger charge is -2.28. The number of hydrogen-bond donors (Lipinski definition) is 1. The Morgan fingerprint density at radius 1 is 1.44 bits per heavy atom. The molecule has 1 fully saturated rings. The van der Waals surface area contributed by atoms with Gasteiger partial charge in [0.15, 0.2) is 11.6 Å². The van der Waals surface area contributed by atoms with Crippen LogP contribution in [0.15, 0.2) is 18.2 Å². The van der Waals surface area contributed by atoms with Gasteiger partial charge >= 0.3 is 0 Å². The van der Waals surface area contributed by atoms with Crippen LogP contribution in [-0.4, -0.2) is 11.9 Å². The van der Waals surface area contributed by atoms with Crippen molar-refractivity contribution in [2.75, 3.05) is 0 Å². The van der Waals surface area contributed by atoms with Crippen LogP contribution in [0.25, 0.3) is 0 Å². The minimum Gasteiger partial charge on any atom is -0.353 e. The van der Waals surface area contributed by atoms with Crippen LogP contribution in [0.5, 0.6) is 0 Å². The Kier molecular flexibility index (Phi) is 2.45. The fourth-order valence-corrected chi connectivity index (χ4v) is 2.21. The monoisotopic (exact) mass is 225 g/mol. The molecule has 2 unspecified atom stereocenters. The number of rotatable bonds is 1. The summed E-state index contributed by atoms with van der Waals surface area (Å²) in [7, 11) is 0. The van der Waals surface area contributed by atoms with Crippen molar-refractivity contribution in [3.05, 3.63) is 35.4 Å². The van der Waals surface area contributed by atoms with Crippen LogP contribution in [0.3, 0.4) is 0 Å². The van der Waals surface area contributed by atoms with E-state index in [1.54, 1.807) is 13.8 Å². The lowest BCUT2D eigenvalue weighted by atomic mass is 9.76. The molecule has 0 radical (unpaired) electrons. The molecular weight excluding hydrogens is 212 g/mol. The van der Waals surface area contributed by atoms with Crippen molar-refractivity contribution in [3.8, 4) is 0 Å². The van der Waals surface area contributed by atoms with E-state index in [-0.39, 0.29) is 23.9 Å². The SMILES string of the molecule is CC1NC(=O)CC1(C)c1cccc(F)c1F. The van der Waals surface area contributed by atoms with Gasteiger partial charge in [-0.1, -0.05) is 19.1 Å². The summed E-state index contributed by atoms with van der Waals surface area (Å²) in [4.78, 5) is 11.3. The van der Waals surface area contributed by atoms with Crippen LogP contribution in [-0.2, 0) is 10.2 Å². The van der Waals surface area contributed by atoms with E-state index in [1.165, 1.54) is 12.1 Å². The van der Waals surface area contributed by atoms with Crippen molar-refractivity contribution in [1.29, 1.82) is 0 Å². The van der Waals surface area contributed by atoms with E-state index < -0.39 is 17.0 Å². The summed E-state index contributed by atoms with van der Waals surface area (Å²) in [6.07, 6.45) is 0.189. The van der Waals surface area contributed by atoms with Crippen LogP contribution in [0.2, 0.25) is 0 Å². The molecule has 0 spiro atoms. The van der Waals surface area contributed by atoms with Crippen molar-refractivity contribution >= 4 is 5.91 Å². The van der Waals surface area contributed by atoms with Gasteiger partial charge in [0.2, 0.25) is 5.91 Å². The smallest absolute Gasteiger partial charge is 0.221 e. The van der Waals surface area contributed by atoms with Gasteiger partial charge in [-0.15, -0.1) is 0 Å². The second kappa shape index (κ2) is 3.54. The lowest BCUT2D eigenvalue weighted by Crippen LogP contribution is -2.36. The van der Waals surface area contributed by atoms with Crippen molar-refractivity contribution in [2.24, 2.45) is 0 Å². The first-order chi connectivity index (χ1) is 7.45. The first-order valence-corrected chi connectivity index (χ1v) is 5.19. The topological polar surface area (TPSA) is 29.1 Å². The first-order valence-electron chi connectivity index (χ1n) is 5.19. The van der Waals surface area contributed by atoms with Crippen LogP contribution in [0, 0.1) is 11.6 Å². The maximum atomic E-state index is 13.7. The maximum Gasteiger partial charge on any atom is 0.221 e. The fourth-order valence-electron chi connectivity index (χ4n) is 2.21. The molecule has 1 aliphatic heterocycles. The summed E-state index contributed by atoms with van der Waals surface area (Å²) in [5.74, 6) is -1.85. The number of nitrogens with one attached hydrogen (secondary N) is 1. The molecule has 2 rings (SSSR count). The molecule has 1 aliphatic rings. The number of halogens is 2. The Morgan fingerprint density at radius 2 is 2.12 bits per heavy atom. The largest absolute Gasteiger partial charge is 0.353 e. The number of hydrogen-bond acceptors (Lipinski definition) is 1. The molecule has 86 valence electrons. The number of carbonyl (C=O) groups excluding carboxylic acids is 1. The highest BCUT2D eigenvalue weighted by molar-refractivity contribution is 5.81. The molecule has 1 N–H and O–H groups in total. The third-order valence-electron chi connectivity index (χ3n) is 3.43. The van der Waals surface area contributed by atoms with E-state index in [4.69, 9.17) is 0 Å². The summed E-state index contributed by atoms with van der Waals surface area (Å²) in [6, 6.07) is 3.89. The average molecular weight is 225 g/mol. The van der Waals surface area contributed by atoms with Gasteiger partial charge in [-0.25, -0.2) is 8.78 Å². The van der Waals surface area contributed by atoms with E-state index in [2.05, 4.69) is 5.32 Å². The molecule has 1 heterocycles. The predicted octanol–water partition coefficient (Wildman–Crippen LogP) is 2.13. The fraction of sp³-hybridized carbons (Fsp3) is 0.417. The minimum atomic E-state index is -0.870. The Morgan fingerprint density at radius 3 is 2.69 bits per heavy atom. The number of carbonyl (C=O) groups is 1. The van der Waals surface area contributed by atoms with Gasteiger partial charge in [0.25, 0.3) is 0 Å². The molecule has 1 amide bonds. The van der Waals surface area contributed by atoms with Gasteiger partial charge in [-0.2, -0.15) is 0 Å². The van der Waals surface area contributed by atoms with Gasteiger partial charge in [0.05, 0.1) is 0 Å². The molecule has 4 heteroatoms. The van der Waals surface area contributed by atoms with E-state index in [0.717, 1.165) is 6.07 Å². The Bertz CT molecular complexity index is 447. The zero-order valence-corrected chi connectivity index (χ0v) is 9.18. The van der Waals surface area contributed by atoms with Gasteiger partial charge in [-0.3, -0.25) is 4.79 Å². The zero-order chi connectivity index (χ0) is 11.9. The van der Waals surface area contributed by atoms with E-state index in [0.29, 0.717) is 0 Å². The predicted molar refractivity (Wildman–Crippen MR) is 55.9 cm³/mol. The van der Waals surface area contributed by atoms with Crippen LogP contribution < -0.4 is 5.32 Å². The van der Waals surface area contributed by atoms with E-state index in [1.807, 2.05) is 0 Å². The van der Waals surface area contributed by atoms with Gasteiger partial charge in [-0.05, 0) is 18.6 Å². The van der Waals surface area contributed by atoms with E-state index >= 15 is 0 Å². The van der Waals surface area contributed by atoms with Gasteiger partial charge in [0.1, 0.15) is 0 Å². The second-order valence-electron chi connectivity index (χ2n) is 4.48. The molecule has 2 atom stereocenters. The molecule has 0 aromatic heterocycles. The highest BCUT2D eigenvalue weighted by Crippen LogP contribution is 2.37. The van der Waals surface area contributed by atoms with E-state index in [9.17, 15) is 13.6 Å². The standard InChI is InChI=1S/C12H13F2NO/c1-7-12(2,6-10(16)15-7)8-4-3-5-9(13)11(8)14/h3-5,7H,6H2,1-2H3,(H,15,16). The third kappa shape index (κ3) is 1.49. The van der Waals surface area contributed by atoms with Gasteiger partial charge < -0.3 is 5.32 Å². The van der Waals surface area contributed by atoms with Crippen molar-refractivity contribution in [3.63, 3.8) is 0 Å². The molecule has 16 heavy (non-hydrogen) atoms. The Labute approximate surface area is 92.7 Å². The highest BCUT2D eigenvalue weighted by Gasteiger charge is 2.43. The Hall–Kier alpha value is -1.45. The summed E-state index contributed by atoms with van der Waals surface area (Å²) < 4.78 is 26.8. The lowest BCUT2D eigenvalue weighted by molar-refractivity contribution is -0.119. The molecule has 2 nitrogen and oxygen atoms in total. The first kappa shape index (κ1) is 11.0. The summed E-state index contributed by atoms with van der Waals surface area (Å²) in [5, 5.41) is 2.72. The summed E-state index contributed by atoms with van der Waals surface area (Å²) in [5.41, 5.74) is -0.415. The van der Waals surface area contributed by atoms with Crippen LogP contribution in [0.4, 0.5) is 8.78 Å². The molecular formula is C12H13F2NO. The second-order valence-corrected chi connectivity index (χ2v) is 4.48. The molecule has 0 saturated carbocycles. The quantitative estimate of drug-likeness (QED) is 0.779. The number of benzene rings is 1. The third-order valence-corrected chi connectivity index (χ3v) is 3.43. The molecule has 1 aromatic carbocycles. The minimum absolute atomic E-state index is 0.126. The van der Waals surface area contributed by atoms with Crippen LogP contribution >= 0.6 is 0 Å². The maximum absolute atomic E-state index is 13.7. The summed E-state index contributed by atoms with van der Waals surface area (Å²) >= 11 is 0. The van der Waals surface area contributed by atoms with Gasteiger partial charge in [0, 0.05) is 17.9 Å². The Balaban J connectivity index is 2.51. The zero-order valence-electron chi connectivity index (χ0n) is 9.18. The normalized spacial score (nSPS) is 29.2. The van der Waals surface area contributed by atoms with Crippen LogP contribution in [0.1, 0.15) is 25.8 Å². The summed E-state index contributed by atoms with van der Waals surface area (Å²) in [6.45, 7) is 3.57. The molecule has 1 saturated heterocycles. The number of amides is 1. The molecule has 1 aromatic rings.